The molecule has 0 atom stereocenters. The maximum absolute atomic E-state index is 4.93. The fraction of sp³-hybridized carbons (Fsp3) is 0.312. The fourth-order valence-electron chi connectivity index (χ4n) is 4.18. The van der Waals surface area contributed by atoms with Crippen LogP contribution >= 0.6 is 17.0 Å². The minimum absolute atomic E-state index is 0.717. The summed E-state index contributed by atoms with van der Waals surface area (Å²) in [6, 6.07) is 22.0. The second kappa shape index (κ2) is 18.1. The van der Waals surface area contributed by atoms with Crippen LogP contribution in [-0.4, -0.2) is 9.52 Å². The number of fused-ring (bicyclic) bond motifs is 2. The number of benzene rings is 2. The Morgan fingerprint density at radius 2 is 1.11 bits per heavy atom. The topological polar surface area (TPSA) is 0 Å². The first kappa shape index (κ1) is 32.8. The van der Waals surface area contributed by atoms with Crippen molar-refractivity contribution in [2.75, 3.05) is 0 Å². The summed E-state index contributed by atoms with van der Waals surface area (Å²) in [6.07, 6.45) is 6.18. The van der Waals surface area contributed by atoms with Crippen LogP contribution in [0.2, 0.25) is 13.1 Å². The molecule has 4 aromatic rings. The van der Waals surface area contributed by atoms with Gasteiger partial charge in [-0.3, -0.25) is 0 Å². The van der Waals surface area contributed by atoms with E-state index in [1.54, 1.807) is 0 Å². The second-order valence-corrected chi connectivity index (χ2v) is 14.3. The van der Waals surface area contributed by atoms with Crippen LogP contribution in [0.4, 0.5) is 0 Å². The van der Waals surface area contributed by atoms with Gasteiger partial charge < -0.3 is 0 Å². The summed E-state index contributed by atoms with van der Waals surface area (Å²) in [7, 11) is 11.0. The average Bonchev–Trinajstić information content (AvgIpc) is 3.42. The van der Waals surface area contributed by atoms with Gasteiger partial charge in [0.2, 0.25) is 0 Å². The molecule has 0 amide bonds. The third kappa shape index (κ3) is 11.1. The van der Waals surface area contributed by atoms with E-state index >= 15 is 0 Å². The van der Waals surface area contributed by atoms with E-state index in [4.69, 9.17) is 17.0 Å². The van der Waals surface area contributed by atoms with Crippen LogP contribution in [0.5, 0.6) is 0 Å². The number of rotatable bonds is 6. The molecule has 0 aliphatic carbocycles. The SMILES string of the molecule is C=Cc1cccc2[cH-]c(CC(C)C)cc12.C=Cc1cccc2[cH-]c(CC(C)C)cc12.C[Si]C.[Cl][Zr+2][Cl]. The first-order valence-electron chi connectivity index (χ1n) is 12.4. The Hall–Kier alpha value is -1.18. The molecule has 0 aliphatic heterocycles. The van der Waals surface area contributed by atoms with Gasteiger partial charge in [0.1, 0.15) is 0 Å². The molecular formula is C32H40Cl2SiZr. The second-order valence-electron chi connectivity index (χ2n) is 9.60. The van der Waals surface area contributed by atoms with Crippen molar-refractivity contribution in [1.29, 1.82) is 0 Å². The van der Waals surface area contributed by atoms with Crippen LogP contribution in [0.25, 0.3) is 33.7 Å². The van der Waals surface area contributed by atoms with Crippen molar-refractivity contribution in [3.63, 3.8) is 0 Å². The van der Waals surface area contributed by atoms with E-state index in [0.717, 1.165) is 22.4 Å². The Kier molecular flexibility index (Phi) is 16.5. The predicted octanol–water partition coefficient (Wildman–Crippen LogP) is 11.0. The van der Waals surface area contributed by atoms with Crippen molar-refractivity contribution in [2.45, 2.75) is 53.6 Å². The molecule has 4 aromatic carbocycles. The molecule has 0 unspecified atom stereocenters. The minimum atomic E-state index is -0.826. The van der Waals surface area contributed by atoms with Gasteiger partial charge in [0.25, 0.3) is 0 Å². The zero-order valence-corrected chi connectivity index (χ0v) is 27.6. The zero-order chi connectivity index (χ0) is 27.1. The average molecular weight is 615 g/mol. The van der Waals surface area contributed by atoms with Crippen LogP contribution < -0.4 is 0 Å². The Morgan fingerprint density at radius 3 is 1.39 bits per heavy atom. The number of hydrogen-bond donors (Lipinski definition) is 0. The molecule has 0 saturated carbocycles. The van der Waals surface area contributed by atoms with Crippen molar-refractivity contribution in [3.05, 3.63) is 96.1 Å². The van der Waals surface area contributed by atoms with E-state index in [9.17, 15) is 0 Å². The Bertz CT molecular complexity index is 1090. The Labute approximate surface area is 241 Å². The number of halogens is 2. The summed E-state index contributed by atoms with van der Waals surface area (Å²) >= 11 is -0.826. The molecule has 0 spiro atoms. The van der Waals surface area contributed by atoms with E-state index in [0.29, 0.717) is 11.8 Å². The van der Waals surface area contributed by atoms with Crippen molar-refractivity contribution >= 4 is 60.2 Å². The van der Waals surface area contributed by atoms with Crippen molar-refractivity contribution in [3.8, 4) is 0 Å². The standard InChI is InChI=1S/2C15H17.C2H6Si.2ClH.Zr/c2*1-4-13-6-5-7-14-9-12(8-11(2)3)10-15(13)14;1-3-2;;;/h2*4-7,9-11H,1,8H2,2-3H3;1-2H3;2*1H;/q2*-1;;;;+4/p-2. The maximum atomic E-state index is 4.93. The van der Waals surface area contributed by atoms with E-state index in [1.807, 2.05) is 12.2 Å². The summed E-state index contributed by atoms with van der Waals surface area (Å²) in [6.45, 7) is 21.0. The normalized spacial score (nSPS) is 10.1. The van der Waals surface area contributed by atoms with Crippen LogP contribution in [0.15, 0.2) is 73.8 Å². The molecule has 0 nitrogen and oxygen atoms in total. The summed E-state index contributed by atoms with van der Waals surface area (Å²) in [5.74, 6) is 1.43. The molecule has 0 aromatic heterocycles. The van der Waals surface area contributed by atoms with Gasteiger partial charge in [-0.2, -0.15) is 12.1 Å². The van der Waals surface area contributed by atoms with Gasteiger partial charge in [-0.25, -0.2) is 0 Å². The number of hydrogen-bond acceptors (Lipinski definition) is 0. The van der Waals surface area contributed by atoms with E-state index < -0.39 is 20.8 Å². The van der Waals surface area contributed by atoms with Crippen LogP contribution in [-0.2, 0) is 33.7 Å². The molecule has 4 heteroatoms. The van der Waals surface area contributed by atoms with E-state index in [2.05, 4.69) is 115 Å². The Morgan fingerprint density at radius 1 is 0.778 bits per heavy atom. The van der Waals surface area contributed by atoms with Gasteiger partial charge >= 0.3 is 37.9 Å². The predicted molar refractivity (Wildman–Crippen MR) is 166 cm³/mol. The molecule has 0 bridgehead atoms. The molecule has 0 N–H and O–H groups in total. The van der Waals surface area contributed by atoms with Gasteiger partial charge in [-0.1, -0.05) is 89.4 Å². The fourth-order valence-corrected chi connectivity index (χ4v) is 4.18. The summed E-state index contributed by atoms with van der Waals surface area (Å²) < 4.78 is 0. The van der Waals surface area contributed by atoms with Crippen molar-refractivity contribution in [1.82, 2.24) is 0 Å². The van der Waals surface area contributed by atoms with E-state index in [1.165, 1.54) is 43.8 Å². The quantitative estimate of drug-likeness (QED) is 0.150. The van der Waals surface area contributed by atoms with Crippen LogP contribution in [0, 0.1) is 11.8 Å². The first-order chi connectivity index (χ1) is 17.2. The molecule has 0 heterocycles. The van der Waals surface area contributed by atoms with E-state index in [-0.39, 0.29) is 0 Å². The summed E-state index contributed by atoms with van der Waals surface area (Å²) in [4.78, 5) is 0. The molecule has 4 rings (SSSR count). The van der Waals surface area contributed by atoms with Crippen LogP contribution in [0.1, 0.15) is 49.9 Å². The zero-order valence-electron chi connectivity index (χ0n) is 22.7. The third-order valence-corrected chi connectivity index (χ3v) is 5.42. The molecule has 190 valence electrons. The third-order valence-electron chi connectivity index (χ3n) is 5.42. The van der Waals surface area contributed by atoms with Crippen molar-refractivity contribution < 1.29 is 20.8 Å². The molecule has 0 fully saturated rings. The summed E-state index contributed by atoms with van der Waals surface area (Å²) in [5, 5.41) is 5.34. The van der Waals surface area contributed by atoms with Gasteiger partial charge in [-0.15, -0.1) is 69.1 Å². The first-order valence-corrected chi connectivity index (χ1v) is 20.7. The Balaban J connectivity index is 0.000000296. The molecule has 36 heavy (non-hydrogen) atoms. The molecule has 0 aliphatic rings. The molecule has 0 saturated heterocycles. The monoisotopic (exact) mass is 612 g/mol. The van der Waals surface area contributed by atoms with Gasteiger partial charge in [0.15, 0.2) is 0 Å². The van der Waals surface area contributed by atoms with Crippen LogP contribution in [0.3, 0.4) is 0 Å². The molecular weight excluding hydrogens is 575 g/mol. The van der Waals surface area contributed by atoms with Gasteiger partial charge in [0.05, 0.1) is 0 Å². The molecule has 2 radical (unpaired) electrons. The summed E-state index contributed by atoms with van der Waals surface area (Å²) in [5.41, 5.74) is 5.36. The van der Waals surface area contributed by atoms with Gasteiger partial charge in [-0.05, 0) is 24.7 Å². The van der Waals surface area contributed by atoms with Gasteiger partial charge in [0, 0.05) is 9.52 Å². The van der Waals surface area contributed by atoms with Crippen molar-refractivity contribution in [2.24, 2.45) is 11.8 Å².